The highest BCUT2D eigenvalue weighted by Gasteiger charge is 2.36. The zero-order valence-electron chi connectivity index (χ0n) is 12.8. The molecule has 0 bridgehead atoms. The van der Waals surface area contributed by atoms with Crippen molar-refractivity contribution in [3.05, 3.63) is 36.0 Å². The van der Waals surface area contributed by atoms with E-state index in [1.54, 1.807) is 0 Å². The van der Waals surface area contributed by atoms with Crippen LogP contribution in [0.25, 0.3) is 10.9 Å². The molecule has 116 valence electrons. The minimum absolute atomic E-state index is 0.0845. The Morgan fingerprint density at radius 3 is 2.68 bits per heavy atom. The molecule has 1 fully saturated rings. The van der Waals surface area contributed by atoms with E-state index in [1.807, 2.05) is 44.3 Å². The standard InChI is InChI=1S/C17H21N3O2/c1-3-10(2)15-17(22)19-14(16(21)20-15)8-11-9-18-13-7-5-4-6-12(11)13/h4-7,9-10,14-15,18H,3,8H2,1-2H3,(H,19,22)(H,20,21)/t10-,14-,15-/m0/s1. The summed E-state index contributed by atoms with van der Waals surface area (Å²) in [6.45, 7) is 3.99. The fraction of sp³-hybridized carbons (Fsp3) is 0.412. The summed E-state index contributed by atoms with van der Waals surface area (Å²) in [7, 11) is 0. The SMILES string of the molecule is CC[C@H](C)[C@@H]1NC(=O)[C@H](Cc2c[nH]c3ccccc23)NC1=O. The Balaban J connectivity index is 1.76. The Hall–Kier alpha value is -2.30. The minimum atomic E-state index is -0.507. The second kappa shape index (κ2) is 5.83. The van der Waals surface area contributed by atoms with Gasteiger partial charge in [-0.25, -0.2) is 0 Å². The average Bonchev–Trinajstić information content (AvgIpc) is 2.93. The van der Waals surface area contributed by atoms with E-state index in [0.29, 0.717) is 6.42 Å². The summed E-state index contributed by atoms with van der Waals surface area (Å²) in [5, 5.41) is 6.83. The van der Waals surface area contributed by atoms with Crippen molar-refractivity contribution in [3.8, 4) is 0 Å². The molecule has 22 heavy (non-hydrogen) atoms. The summed E-state index contributed by atoms with van der Waals surface area (Å²) in [5.74, 6) is -0.0491. The molecule has 0 radical (unpaired) electrons. The van der Waals surface area contributed by atoms with Crippen LogP contribution < -0.4 is 10.6 Å². The van der Waals surface area contributed by atoms with Gasteiger partial charge in [-0.05, 0) is 17.5 Å². The molecule has 2 heterocycles. The molecule has 1 aliphatic heterocycles. The summed E-state index contributed by atoms with van der Waals surface area (Å²) < 4.78 is 0. The van der Waals surface area contributed by atoms with E-state index >= 15 is 0 Å². The van der Waals surface area contributed by atoms with Gasteiger partial charge in [-0.1, -0.05) is 38.5 Å². The number of hydrogen-bond donors (Lipinski definition) is 3. The Morgan fingerprint density at radius 2 is 1.91 bits per heavy atom. The quantitative estimate of drug-likeness (QED) is 0.804. The fourth-order valence-electron chi connectivity index (χ4n) is 2.95. The number of rotatable bonds is 4. The molecule has 3 atom stereocenters. The van der Waals surface area contributed by atoms with Crippen LogP contribution in [0.1, 0.15) is 25.8 Å². The van der Waals surface area contributed by atoms with E-state index in [2.05, 4.69) is 15.6 Å². The van der Waals surface area contributed by atoms with E-state index in [4.69, 9.17) is 0 Å². The zero-order chi connectivity index (χ0) is 15.7. The molecule has 3 N–H and O–H groups in total. The number of amides is 2. The summed E-state index contributed by atoms with van der Waals surface area (Å²) in [6.07, 6.45) is 3.26. The van der Waals surface area contributed by atoms with Crippen molar-refractivity contribution in [1.29, 1.82) is 0 Å². The molecule has 0 saturated carbocycles. The first-order chi connectivity index (χ1) is 10.6. The highest BCUT2D eigenvalue weighted by Crippen LogP contribution is 2.20. The van der Waals surface area contributed by atoms with Crippen LogP contribution in [0.15, 0.2) is 30.5 Å². The van der Waals surface area contributed by atoms with E-state index in [0.717, 1.165) is 22.9 Å². The van der Waals surface area contributed by atoms with Gasteiger partial charge in [0.2, 0.25) is 11.8 Å². The molecular weight excluding hydrogens is 278 g/mol. The van der Waals surface area contributed by atoms with Gasteiger partial charge in [0.15, 0.2) is 0 Å². The van der Waals surface area contributed by atoms with Crippen LogP contribution >= 0.6 is 0 Å². The van der Waals surface area contributed by atoms with E-state index in [1.165, 1.54) is 0 Å². The topological polar surface area (TPSA) is 74.0 Å². The summed E-state index contributed by atoms with van der Waals surface area (Å²) in [5.41, 5.74) is 2.08. The third-order valence-corrected chi connectivity index (χ3v) is 4.53. The van der Waals surface area contributed by atoms with Gasteiger partial charge in [0, 0.05) is 23.5 Å². The molecule has 1 saturated heterocycles. The Morgan fingerprint density at radius 1 is 1.14 bits per heavy atom. The lowest BCUT2D eigenvalue weighted by atomic mass is 9.94. The number of hydrogen-bond acceptors (Lipinski definition) is 2. The molecule has 2 amide bonds. The first-order valence-electron chi connectivity index (χ1n) is 7.76. The summed E-state index contributed by atoms with van der Waals surface area (Å²) in [6, 6.07) is 7.03. The fourth-order valence-corrected chi connectivity index (χ4v) is 2.95. The van der Waals surface area contributed by atoms with Crippen LogP contribution in [-0.2, 0) is 16.0 Å². The lowest BCUT2D eigenvalue weighted by molar-refractivity contribution is -0.138. The van der Waals surface area contributed by atoms with Gasteiger partial charge < -0.3 is 15.6 Å². The largest absolute Gasteiger partial charge is 0.361 e. The molecule has 0 aliphatic carbocycles. The predicted octanol–water partition coefficient (Wildman–Crippen LogP) is 1.74. The second-order valence-electron chi connectivity index (χ2n) is 6.00. The molecular formula is C17H21N3O2. The third kappa shape index (κ3) is 2.58. The second-order valence-corrected chi connectivity index (χ2v) is 6.00. The number of H-pyrrole nitrogens is 1. The monoisotopic (exact) mass is 299 g/mol. The third-order valence-electron chi connectivity index (χ3n) is 4.53. The van der Waals surface area contributed by atoms with E-state index in [9.17, 15) is 9.59 Å². The number of benzene rings is 1. The number of para-hydroxylation sites is 1. The van der Waals surface area contributed by atoms with E-state index in [-0.39, 0.29) is 17.7 Å². The Bertz CT molecular complexity index is 707. The lowest BCUT2D eigenvalue weighted by Crippen LogP contribution is -2.63. The van der Waals surface area contributed by atoms with Gasteiger partial charge in [-0.2, -0.15) is 0 Å². The normalized spacial score (nSPS) is 23.2. The Labute approximate surface area is 129 Å². The number of aromatic nitrogens is 1. The lowest BCUT2D eigenvalue weighted by Gasteiger charge is -2.32. The molecule has 1 aromatic heterocycles. The maximum absolute atomic E-state index is 12.3. The number of nitrogens with one attached hydrogen (secondary N) is 3. The number of carbonyl (C=O) groups excluding carboxylic acids is 2. The van der Waals surface area contributed by atoms with Gasteiger partial charge in [-0.3, -0.25) is 9.59 Å². The molecule has 0 spiro atoms. The Kier molecular flexibility index (Phi) is 3.88. The minimum Gasteiger partial charge on any atom is -0.361 e. The van der Waals surface area contributed by atoms with Gasteiger partial charge >= 0.3 is 0 Å². The first kappa shape index (κ1) is 14.6. The van der Waals surface area contributed by atoms with Crippen molar-refractivity contribution < 1.29 is 9.59 Å². The van der Waals surface area contributed by atoms with Gasteiger partial charge in [0.25, 0.3) is 0 Å². The van der Waals surface area contributed by atoms with Gasteiger partial charge in [0.05, 0.1) is 0 Å². The smallest absolute Gasteiger partial charge is 0.243 e. The van der Waals surface area contributed by atoms with Crippen LogP contribution in [0, 0.1) is 5.92 Å². The average molecular weight is 299 g/mol. The molecule has 3 rings (SSSR count). The first-order valence-corrected chi connectivity index (χ1v) is 7.76. The molecule has 0 unspecified atom stereocenters. The van der Waals surface area contributed by atoms with Crippen molar-refractivity contribution in [2.45, 2.75) is 38.8 Å². The maximum atomic E-state index is 12.3. The predicted molar refractivity (Wildman–Crippen MR) is 85.3 cm³/mol. The maximum Gasteiger partial charge on any atom is 0.243 e. The van der Waals surface area contributed by atoms with Crippen LogP contribution in [0.5, 0.6) is 0 Å². The molecule has 5 nitrogen and oxygen atoms in total. The molecule has 1 aromatic carbocycles. The van der Waals surface area contributed by atoms with Crippen molar-refractivity contribution in [1.82, 2.24) is 15.6 Å². The highest BCUT2D eigenvalue weighted by molar-refractivity contribution is 5.97. The van der Waals surface area contributed by atoms with E-state index < -0.39 is 12.1 Å². The highest BCUT2D eigenvalue weighted by atomic mass is 16.2. The summed E-state index contributed by atoms with van der Waals surface area (Å²) >= 11 is 0. The zero-order valence-corrected chi connectivity index (χ0v) is 12.8. The van der Waals surface area contributed by atoms with Crippen LogP contribution in [0.3, 0.4) is 0 Å². The van der Waals surface area contributed by atoms with Crippen molar-refractivity contribution in [3.63, 3.8) is 0 Å². The molecule has 2 aromatic rings. The van der Waals surface area contributed by atoms with Crippen LogP contribution in [0.2, 0.25) is 0 Å². The molecule has 5 heteroatoms. The number of aromatic amines is 1. The number of fused-ring (bicyclic) bond motifs is 1. The van der Waals surface area contributed by atoms with Gasteiger partial charge in [0.1, 0.15) is 12.1 Å². The van der Waals surface area contributed by atoms with Gasteiger partial charge in [-0.15, -0.1) is 0 Å². The molecule has 1 aliphatic rings. The van der Waals surface area contributed by atoms with Crippen molar-refractivity contribution >= 4 is 22.7 Å². The number of piperazine rings is 1. The van der Waals surface area contributed by atoms with Crippen LogP contribution in [0.4, 0.5) is 0 Å². The van der Waals surface area contributed by atoms with Crippen molar-refractivity contribution in [2.24, 2.45) is 5.92 Å². The number of carbonyl (C=O) groups is 2. The summed E-state index contributed by atoms with van der Waals surface area (Å²) in [4.78, 5) is 27.7. The van der Waals surface area contributed by atoms with Crippen LogP contribution in [-0.4, -0.2) is 28.9 Å². The van der Waals surface area contributed by atoms with Crippen molar-refractivity contribution in [2.75, 3.05) is 0 Å².